The van der Waals surface area contributed by atoms with Gasteiger partial charge in [0.25, 0.3) is 5.91 Å². The van der Waals surface area contributed by atoms with E-state index in [2.05, 4.69) is 15.4 Å². The first-order chi connectivity index (χ1) is 13.3. The molecule has 0 aliphatic rings. The maximum absolute atomic E-state index is 12.8. The molecule has 0 saturated heterocycles. The van der Waals surface area contributed by atoms with Gasteiger partial charge >= 0.3 is 0 Å². The van der Waals surface area contributed by atoms with Crippen LogP contribution in [0.1, 0.15) is 16.1 Å². The van der Waals surface area contributed by atoms with Crippen LogP contribution >= 0.6 is 11.8 Å². The molecule has 7 heteroatoms. The first kappa shape index (κ1) is 17.1. The Hall–Kier alpha value is -3.32. The SMILES string of the molecule is O=C(Nc1ccnn1Cc1ccco1)c1cccnc1Sc1ccccc1. The van der Waals surface area contributed by atoms with E-state index in [-0.39, 0.29) is 5.91 Å². The topological polar surface area (TPSA) is 73.0 Å². The Balaban J connectivity index is 1.53. The zero-order valence-corrected chi connectivity index (χ0v) is 15.1. The van der Waals surface area contributed by atoms with Gasteiger partial charge in [-0.3, -0.25) is 4.79 Å². The zero-order valence-electron chi connectivity index (χ0n) is 14.3. The average molecular weight is 376 g/mol. The lowest BCUT2D eigenvalue weighted by atomic mass is 10.2. The van der Waals surface area contributed by atoms with Gasteiger partial charge in [0.05, 0.1) is 18.0 Å². The van der Waals surface area contributed by atoms with E-state index in [0.29, 0.717) is 23.0 Å². The number of pyridine rings is 1. The second kappa shape index (κ2) is 7.92. The number of rotatable bonds is 6. The number of amides is 1. The van der Waals surface area contributed by atoms with Crippen LogP contribution < -0.4 is 5.32 Å². The smallest absolute Gasteiger partial charge is 0.259 e. The Morgan fingerprint density at radius 2 is 1.93 bits per heavy atom. The van der Waals surface area contributed by atoms with Gasteiger partial charge in [-0.25, -0.2) is 9.67 Å². The summed E-state index contributed by atoms with van der Waals surface area (Å²) in [6, 6.07) is 18.8. The van der Waals surface area contributed by atoms with Gasteiger partial charge in [0.1, 0.15) is 23.1 Å². The fraction of sp³-hybridized carbons (Fsp3) is 0.0500. The summed E-state index contributed by atoms with van der Waals surface area (Å²) in [5.41, 5.74) is 0.511. The van der Waals surface area contributed by atoms with E-state index in [1.165, 1.54) is 11.8 Å². The van der Waals surface area contributed by atoms with Gasteiger partial charge in [-0.15, -0.1) is 0 Å². The van der Waals surface area contributed by atoms with Crippen molar-refractivity contribution in [3.63, 3.8) is 0 Å². The minimum atomic E-state index is -0.234. The van der Waals surface area contributed by atoms with Gasteiger partial charge < -0.3 is 9.73 Å². The van der Waals surface area contributed by atoms with Gasteiger partial charge in [0, 0.05) is 17.2 Å². The second-order valence-corrected chi connectivity index (χ2v) is 6.74. The van der Waals surface area contributed by atoms with Crippen molar-refractivity contribution in [2.45, 2.75) is 16.5 Å². The van der Waals surface area contributed by atoms with Crippen molar-refractivity contribution < 1.29 is 9.21 Å². The lowest BCUT2D eigenvalue weighted by Gasteiger charge is -2.10. The molecule has 0 atom stereocenters. The molecule has 0 aliphatic carbocycles. The minimum absolute atomic E-state index is 0.234. The molecule has 0 aliphatic heterocycles. The quantitative estimate of drug-likeness (QED) is 0.542. The van der Waals surface area contributed by atoms with Crippen molar-refractivity contribution >= 4 is 23.5 Å². The van der Waals surface area contributed by atoms with Crippen molar-refractivity contribution in [3.8, 4) is 0 Å². The molecule has 3 heterocycles. The molecule has 4 aromatic rings. The van der Waals surface area contributed by atoms with Crippen molar-refractivity contribution in [2.24, 2.45) is 0 Å². The summed E-state index contributed by atoms with van der Waals surface area (Å²) < 4.78 is 7.03. The maximum atomic E-state index is 12.8. The number of nitrogens with one attached hydrogen (secondary N) is 1. The third kappa shape index (κ3) is 4.09. The standard InChI is InChI=1S/C20H16N4O2S/c25-19(23-18-10-12-22-24(18)14-15-6-5-13-26-15)17-9-4-11-21-20(17)27-16-7-2-1-3-8-16/h1-13H,14H2,(H,23,25). The third-order valence-electron chi connectivity index (χ3n) is 3.82. The molecule has 0 bridgehead atoms. The molecule has 0 fully saturated rings. The number of nitrogens with zero attached hydrogens (tertiary/aromatic N) is 3. The highest BCUT2D eigenvalue weighted by atomic mass is 32.2. The maximum Gasteiger partial charge on any atom is 0.259 e. The van der Waals surface area contributed by atoms with Crippen LogP contribution in [0.15, 0.2) is 93.7 Å². The van der Waals surface area contributed by atoms with E-state index in [1.807, 2.05) is 42.5 Å². The number of anilines is 1. The van der Waals surface area contributed by atoms with E-state index in [0.717, 1.165) is 10.7 Å². The normalized spacial score (nSPS) is 10.7. The average Bonchev–Trinajstić information content (AvgIpc) is 3.36. The molecule has 1 N–H and O–H groups in total. The Labute approximate surface area is 160 Å². The first-order valence-corrected chi connectivity index (χ1v) is 9.15. The van der Waals surface area contributed by atoms with Gasteiger partial charge in [0.15, 0.2) is 0 Å². The van der Waals surface area contributed by atoms with Crippen molar-refractivity contribution in [1.29, 1.82) is 0 Å². The van der Waals surface area contributed by atoms with E-state index < -0.39 is 0 Å². The molecule has 0 spiro atoms. The van der Waals surface area contributed by atoms with E-state index in [1.54, 1.807) is 41.5 Å². The number of aromatic nitrogens is 3. The number of benzene rings is 1. The minimum Gasteiger partial charge on any atom is -0.467 e. The molecule has 3 aromatic heterocycles. The summed E-state index contributed by atoms with van der Waals surface area (Å²) in [6.45, 7) is 0.439. The van der Waals surface area contributed by atoms with Gasteiger partial charge in [0.2, 0.25) is 0 Å². The summed E-state index contributed by atoms with van der Waals surface area (Å²) in [6.07, 6.45) is 4.93. The van der Waals surface area contributed by atoms with Gasteiger partial charge in [-0.2, -0.15) is 5.10 Å². The number of carbonyl (C=O) groups excluding carboxylic acids is 1. The monoisotopic (exact) mass is 376 g/mol. The predicted octanol–water partition coefficient (Wildman–Crippen LogP) is 4.32. The van der Waals surface area contributed by atoms with E-state index in [4.69, 9.17) is 4.42 Å². The fourth-order valence-corrected chi connectivity index (χ4v) is 3.44. The van der Waals surface area contributed by atoms with Crippen LogP contribution in [0.25, 0.3) is 0 Å². The lowest BCUT2D eigenvalue weighted by molar-refractivity contribution is 0.102. The Bertz CT molecular complexity index is 1030. The largest absolute Gasteiger partial charge is 0.467 e. The molecular formula is C20H16N4O2S. The van der Waals surface area contributed by atoms with Crippen LogP contribution in [0.3, 0.4) is 0 Å². The number of furan rings is 1. The molecule has 4 rings (SSSR count). The van der Waals surface area contributed by atoms with E-state index in [9.17, 15) is 4.79 Å². The molecule has 1 aromatic carbocycles. The highest BCUT2D eigenvalue weighted by molar-refractivity contribution is 7.99. The van der Waals surface area contributed by atoms with Crippen molar-refractivity contribution in [3.05, 3.63) is 90.6 Å². The predicted molar refractivity (Wildman–Crippen MR) is 103 cm³/mol. The molecule has 0 unspecified atom stereocenters. The van der Waals surface area contributed by atoms with Crippen LogP contribution in [0.5, 0.6) is 0 Å². The van der Waals surface area contributed by atoms with Crippen LogP contribution in [0.4, 0.5) is 5.82 Å². The first-order valence-electron chi connectivity index (χ1n) is 8.33. The molecule has 1 amide bonds. The third-order valence-corrected chi connectivity index (χ3v) is 4.84. The van der Waals surface area contributed by atoms with Crippen molar-refractivity contribution in [1.82, 2.24) is 14.8 Å². The van der Waals surface area contributed by atoms with Crippen LogP contribution in [0, 0.1) is 0 Å². The summed E-state index contributed by atoms with van der Waals surface area (Å²) in [4.78, 5) is 18.2. The Morgan fingerprint density at radius 3 is 2.74 bits per heavy atom. The van der Waals surface area contributed by atoms with Gasteiger partial charge in [-0.1, -0.05) is 30.0 Å². The lowest BCUT2D eigenvalue weighted by Crippen LogP contribution is -2.17. The Kier molecular flexibility index (Phi) is 5.02. The molecular weight excluding hydrogens is 360 g/mol. The molecule has 0 radical (unpaired) electrons. The highest BCUT2D eigenvalue weighted by Gasteiger charge is 2.16. The summed E-state index contributed by atoms with van der Waals surface area (Å²) >= 11 is 1.45. The number of carbonyl (C=O) groups is 1. The van der Waals surface area contributed by atoms with Gasteiger partial charge in [-0.05, 0) is 36.4 Å². The Morgan fingerprint density at radius 1 is 1.04 bits per heavy atom. The molecule has 134 valence electrons. The molecule has 27 heavy (non-hydrogen) atoms. The summed E-state index contributed by atoms with van der Waals surface area (Å²) in [5, 5.41) is 7.81. The van der Waals surface area contributed by atoms with Crippen LogP contribution in [-0.2, 0) is 6.54 Å². The van der Waals surface area contributed by atoms with Crippen LogP contribution in [-0.4, -0.2) is 20.7 Å². The number of hydrogen-bond donors (Lipinski definition) is 1. The zero-order chi connectivity index (χ0) is 18.5. The fourth-order valence-electron chi connectivity index (χ4n) is 2.54. The molecule has 0 saturated carbocycles. The summed E-state index contributed by atoms with van der Waals surface area (Å²) in [5.74, 6) is 1.12. The summed E-state index contributed by atoms with van der Waals surface area (Å²) in [7, 11) is 0. The number of hydrogen-bond acceptors (Lipinski definition) is 5. The second-order valence-electron chi connectivity index (χ2n) is 5.68. The molecule has 6 nitrogen and oxygen atoms in total. The van der Waals surface area contributed by atoms with Crippen LogP contribution in [0.2, 0.25) is 0 Å². The van der Waals surface area contributed by atoms with Crippen molar-refractivity contribution in [2.75, 3.05) is 5.32 Å². The van der Waals surface area contributed by atoms with E-state index >= 15 is 0 Å². The highest BCUT2D eigenvalue weighted by Crippen LogP contribution is 2.28.